The number of nitrogens with zero attached hydrogens (tertiary/aromatic N) is 3. The number of aryl methyl sites for hydroxylation is 1. The highest BCUT2D eigenvalue weighted by molar-refractivity contribution is 7.99. The Kier molecular flexibility index (Phi) is 7.09. The first-order chi connectivity index (χ1) is 17.9. The van der Waals surface area contributed by atoms with Crippen molar-refractivity contribution in [2.45, 2.75) is 18.9 Å². The van der Waals surface area contributed by atoms with Crippen LogP contribution in [0.3, 0.4) is 0 Å². The smallest absolute Gasteiger partial charge is 0.217 e. The van der Waals surface area contributed by atoms with Gasteiger partial charge in [-0.1, -0.05) is 24.3 Å². The molecule has 5 rings (SSSR count). The minimum Gasteiger partial charge on any atom is -0.497 e. The molecule has 3 heterocycles. The lowest BCUT2D eigenvalue weighted by atomic mass is 9.83. The monoisotopic (exact) mass is 514 g/mol. The lowest BCUT2D eigenvalue weighted by Gasteiger charge is -2.31. The molecule has 2 aromatic heterocycles. The lowest BCUT2D eigenvalue weighted by Crippen LogP contribution is -2.33. The highest BCUT2D eigenvalue weighted by Gasteiger charge is 2.40. The van der Waals surface area contributed by atoms with Gasteiger partial charge in [-0.15, -0.1) is 0 Å². The molecule has 2 atom stereocenters. The van der Waals surface area contributed by atoms with Gasteiger partial charge in [0.2, 0.25) is 5.88 Å². The van der Waals surface area contributed by atoms with Gasteiger partial charge in [-0.25, -0.2) is 9.97 Å². The highest BCUT2D eigenvalue weighted by atomic mass is 32.2. The molecule has 6 nitrogen and oxygen atoms in total. The van der Waals surface area contributed by atoms with Crippen LogP contribution in [0.5, 0.6) is 11.6 Å². The van der Waals surface area contributed by atoms with E-state index in [1.165, 1.54) is 0 Å². The maximum Gasteiger partial charge on any atom is 0.217 e. The number of pyridine rings is 1. The summed E-state index contributed by atoms with van der Waals surface area (Å²) in [6.45, 7) is 2.50. The Morgan fingerprint density at radius 1 is 1.14 bits per heavy atom. The van der Waals surface area contributed by atoms with Gasteiger partial charge in [-0.2, -0.15) is 0 Å². The molecule has 0 saturated heterocycles. The molecule has 1 aliphatic rings. The van der Waals surface area contributed by atoms with Gasteiger partial charge >= 0.3 is 0 Å². The van der Waals surface area contributed by atoms with E-state index in [0.717, 1.165) is 50.4 Å². The predicted molar refractivity (Wildman–Crippen MR) is 150 cm³/mol. The Hall–Kier alpha value is -3.55. The van der Waals surface area contributed by atoms with Crippen molar-refractivity contribution in [3.63, 3.8) is 0 Å². The van der Waals surface area contributed by atoms with Crippen molar-refractivity contribution in [1.29, 1.82) is 0 Å². The van der Waals surface area contributed by atoms with E-state index in [1.54, 1.807) is 19.6 Å². The molecule has 0 aliphatic carbocycles. The van der Waals surface area contributed by atoms with E-state index < -0.39 is 5.60 Å². The van der Waals surface area contributed by atoms with Gasteiger partial charge in [0.25, 0.3) is 0 Å². The molecule has 0 fully saturated rings. The van der Waals surface area contributed by atoms with Crippen LogP contribution in [-0.2, 0) is 30.0 Å². The molecule has 0 amide bonds. The zero-order valence-electron chi connectivity index (χ0n) is 21.6. The fourth-order valence-electron chi connectivity index (χ4n) is 4.78. The number of hydrogen-bond donors (Lipinski definition) is 1. The van der Waals surface area contributed by atoms with Crippen molar-refractivity contribution in [3.05, 3.63) is 107 Å². The van der Waals surface area contributed by atoms with Gasteiger partial charge in [-0.3, -0.25) is 0 Å². The third-order valence-electron chi connectivity index (χ3n) is 6.70. The van der Waals surface area contributed by atoms with Crippen LogP contribution in [0, 0.1) is 0 Å². The van der Waals surface area contributed by atoms with Crippen LogP contribution < -0.4 is 9.47 Å². The third kappa shape index (κ3) is 4.89. The number of rotatable bonds is 8. The minimum absolute atomic E-state index is 0.0535. The van der Waals surface area contributed by atoms with Crippen LogP contribution in [0.2, 0.25) is 0 Å². The zero-order chi connectivity index (χ0) is 26.0. The Balaban J connectivity index is 1.63. The third-order valence-corrected chi connectivity index (χ3v) is 8.07. The summed E-state index contributed by atoms with van der Waals surface area (Å²) in [7, 11) is 3.63. The van der Waals surface area contributed by atoms with E-state index >= 15 is 0 Å². The molecule has 0 bridgehead atoms. The summed E-state index contributed by atoms with van der Waals surface area (Å²) in [4.78, 5) is 9.16. The number of benzene rings is 2. The summed E-state index contributed by atoms with van der Waals surface area (Å²) in [5.74, 6) is 2.44. The second-order valence-corrected chi connectivity index (χ2v) is 11.2. The largest absolute Gasteiger partial charge is 0.497 e. The molecular weight excluding hydrogens is 482 g/mol. The van der Waals surface area contributed by atoms with Gasteiger partial charge in [-0.05, 0) is 54.5 Å². The van der Waals surface area contributed by atoms with Crippen LogP contribution in [0.15, 0.2) is 84.2 Å². The predicted octanol–water partition coefficient (Wildman–Crippen LogP) is 4.90. The van der Waals surface area contributed by atoms with Crippen molar-refractivity contribution in [1.82, 2.24) is 14.5 Å². The first-order valence-electron chi connectivity index (χ1n) is 12.3. The van der Waals surface area contributed by atoms with E-state index in [4.69, 9.17) is 14.5 Å². The summed E-state index contributed by atoms with van der Waals surface area (Å²) in [6, 6.07) is 16.1. The van der Waals surface area contributed by atoms with Crippen LogP contribution in [0.1, 0.15) is 29.3 Å². The van der Waals surface area contributed by atoms with Gasteiger partial charge in [0, 0.05) is 40.9 Å². The first-order valence-corrected chi connectivity index (χ1v) is 14.2. The van der Waals surface area contributed by atoms with Gasteiger partial charge in [0.15, 0.2) is 5.60 Å². The molecule has 4 aromatic rings. The highest BCUT2D eigenvalue weighted by Crippen LogP contribution is 2.40. The topological polar surface area (TPSA) is 69.4 Å². The number of fused-ring (bicyclic) bond motifs is 1. The molecule has 1 N–H and O–H groups in total. The Bertz CT molecular complexity index is 1480. The van der Waals surface area contributed by atoms with Gasteiger partial charge in [0.1, 0.15) is 23.2 Å². The van der Waals surface area contributed by atoms with Crippen molar-refractivity contribution in [2.24, 2.45) is 7.05 Å². The molecule has 37 heavy (non-hydrogen) atoms. The SMILES string of the molecule is CCOc1nc2ccc(C(O)(C3=C[S+](C)CC=C3)c3cncn3C)cc2cc1Cc1ccc(OC)cc1. The van der Waals surface area contributed by atoms with Crippen LogP contribution >= 0.6 is 0 Å². The molecule has 7 heteroatoms. The molecule has 0 saturated carbocycles. The Morgan fingerprint density at radius 3 is 2.62 bits per heavy atom. The van der Waals surface area contributed by atoms with E-state index in [1.807, 2.05) is 54.9 Å². The van der Waals surface area contributed by atoms with Crippen LogP contribution in [-0.4, -0.2) is 45.4 Å². The van der Waals surface area contributed by atoms with Crippen LogP contribution in [0.25, 0.3) is 10.9 Å². The standard InChI is InChI=1S/C30H32N3O3S/c1-5-36-29-23(15-21-8-11-26(35-3)12-9-21)16-22-17-24(10-13-27(22)32-29)30(34,28-18-31-20-33(28)2)25-7-6-14-37(4)19-25/h6-13,16-20,34H,5,14-15H2,1-4H3/q+1. The summed E-state index contributed by atoms with van der Waals surface area (Å²) < 4.78 is 13.1. The molecule has 0 spiro atoms. The fraction of sp³-hybridized carbons (Fsp3) is 0.267. The zero-order valence-corrected chi connectivity index (χ0v) is 22.5. The second-order valence-electron chi connectivity index (χ2n) is 9.25. The number of aromatic nitrogens is 3. The van der Waals surface area contributed by atoms with Gasteiger partial charge in [0.05, 0.1) is 37.5 Å². The summed E-state index contributed by atoms with van der Waals surface area (Å²) in [5, 5.41) is 15.5. The maximum absolute atomic E-state index is 12.4. The van der Waals surface area contributed by atoms with E-state index in [9.17, 15) is 5.11 Å². The average molecular weight is 515 g/mol. The number of imidazole rings is 1. The summed E-state index contributed by atoms with van der Waals surface area (Å²) in [6.07, 6.45) is 10.5. The van der Waals surface area contributed by atoms with Crippen molar-refractivity contribution in [2.75, 3.05) is 25.7 Å². The first kappa shape index (κ1) is 25.1. The minimum atomic E-state index is -1.34. The van der Waals surface area contributed by atoms with Crippen molar-refractivity contribution < 1.29 is 14.6 Å². The molecule has 1 aliphatic heterocycles. The van der Waals surface area contributed by atoms with Gasteiger partial charge < -0.3 is 19.1 Å². The average Bonchev–Trinajstić information content (AvgIpc) is 3.35. The number of hydrogen-bond acceptors (Lipinski definition) is 5. The van der Waals surface area contributed by atoms with Crippen molar-refractivity contribution >= 4 is 21.8 Å². The summed E-state index contributed by atoms with van der Waals surface area (Å²) >= 11 is 0. The Labute approximate surface area is 220 Å². The molecular formula is C30H32N3O3S+. The number of ether oxygens (including phenoxy) is 2. The molecule has 2 unspecified atom stereocenters. The van der Waals surface area contributed by atoms with E-state index in [-0.39, 0.29) is 10.9 Å². The quantitative estimate of drug-likeness (QED) is 0.339. The number of aliphatic hydroxyl groups is 1. The molecule has 0 radical (unpaired) electrons. The van der Waals surface area contributed by atoms with Crippen molar-refractivity contribution in [3.8, 4) is 11.6 Å². The lowest BCUT2D eigenvalue weighted by molar-refractivity contribution is 0.117. The number of methoxy groups -OCH3 is 1. The molecule has 190 valence electrons. The molecule has 2 aromatic carbocycles. The Morgan fingerprint density at radius 2 is 1.95 bits per heavy atom. The fourth-order valence-corrected chi connectivity index (χ4v) is 5.96. The maximum atomic E-state index is 12.4. The second kappa shape index (κ2) is 10.4. The summed E-state index contributed by atoms with van der Waals surface area (Å²) in [5.41, 5.74) is 3.97. The van der Waals surface area contributed by atoms with E-state index in [0.29, 0.717) is 18.9 Å². The normalized spacial score (nSPS) is 16.9. The van der Waals surface area contributed by atoms with Crippen LogP contribution in [0.4, 0.5) is 0 Å². The van der Waals surface area contributed by atoms with E-state index in [2.05, 4.69) is 40.9 Å².